The van der Waals surface area contributed by atoms with Gasteiger partial charge in [0.1, 0.15) is 6.10 Å². The van der Waals surface area contributed by atoms with Crippen molar-refractivity contribution in [2.24, 2.45) is 5.92 Å². The molecule has 7 rings (SSSR count). The molecule has 7 nitrogen and oxygen atoms in total. The number of piperidine rings is 1. The fourth-order valence-corrected chi connectivity index (χ4v) is 8.17. The van der Waals surface area contributed by atoms with E-state index in [4.69, 9.17) is 4.74 Å². The topological polar surface area (TPSA) is 85.0 Å². The van der Waals surface area contributed by atoms with Crippen LogP contribution in [0.4, 0.5) is 18.0 Å². The number of aromatic hydroxyl groups is 1. The number of alkyl halides is 3. The van der Waals surface area contributed by atoms with Gasteiger partial charge in [0.2, 0.25) is 0 Å². The number of amides is 2. The fraction of sp³-hybridized carbons (Fsp3) is 0.567. The van der Waals surface area contributed by atoms with E-state index in [2.05, 4.69) is 10.2 Å². The van der Waals surface area contributed by atoms with Crippen LogP contribution in [0.1, 0.15) is 54.4 Å². The molecule has 0 bridgehead atoms. The second-order valence-electron chi connectivity index (χ2n) is 12.5. The summed E-state index contributed by atoms with van der Waals surface area (Å²) in [7, 11) is 1.67. The van der Waals surface area contributed by atoms with Crippen LogP contribution >= 0.6 is 0 Å². The number of nitrogens with one attached hydrogen (secondary N) is 1. The zero-order chi connectivity index (χ0) is 28.2. The highest BCUT2D eigenvalue weighted by molar-refractivity contribution is 5.75. The molecule has 2 aromatic rings. The van der Waals surface area contributed by atoms with Crippen molar-refractivity contribution in [3.63, 3.8) is 0 Å². The summed E-state index contributed by atoms with van der Waals surface area (Å²) in [4.78, 5) is 17.3. The predicted molar refractivity (Wildman–Crippen MR) is 140 cm³/mol. The number of halogens is 3. The molecule has 1 spiro atoms. The lowest BCUT2D eigenvalue weighted by Gasteiger charge is -2.53. The van der Waals surface area contributed by atoms with Gasteiger partial charge < -0.3 is 25.2 Å². The molecule has 0 radical (unpaired) electrons. The molecule has 2 aliphatic heterocycles. The number of likely N-dealkylation sites (N-methyl/N-ethyl adjacent to an activating group) is 1. The first kappa shape index (κ1) is 26.0. The van der Waals surface area contributed by atoms with Crippen LogP contribution in [0.15, 0.2) is 36.4 Å². The number of benzene rings is 2. The van der Waals surface area contributed by atoms with E-state index in [1.807, 2.05) is 13.0 Å². The molecule has 7 atom stereocenters. The molecule has 5 aliphatic rings. The molecule has 214 valence electrons. The first-order chi connectivity index (χ1) is 19.0. The zero-order valence-corrected chi connectivity index (χ0v) is 22.5. The molecule has 2 heterocycles. The van der Waals surface area contributed by atoms with E-state index in [0.29, 0.717) is 36.5 Å². The molecule has 2 unspecified atom stereocenters. The summed E-state index contributed by atoms with van der Waals surface area (Å²) >= 11 is 0. The highest BCUT2D eigenvalue weighted by Gasteiger charge is 2.81. The summed E-state index contributed by atoms with van der Waals surface area (Å²) in [5.74, 6) is 1.13. The van der Waals surface area contributed by atoms with E-state index < -0.39 is 40.9 Å². The number of urea groups is 1. The van der Waals surface area contributed by atoms with Gasteiger partial charge in [0.25, 0.3) is 0 Å². The summed E-state index contributed by atoms with van der Waals surface area (Å²) in [5.41, 5.74) is -0.430. The fourth-order valence-electron chi connectivity index (χ4n) is 8.17. The Hall–Kier alpha value is -2.98. The van der Waals surface area contributed by atoms with E-state index in [9.17, 15) is 28.2 Å². The monoisotopic (exact) mass is 557 g/mol. The first-order valence-electron chi connectivity index (χ1n) is 14.1. The van der Waals surface area contributed by atoms with Gasteiger partial charge in [-0.1, -0.05) is 18.2 Å². The molecule has 40 heavy (non-hydrogen) atoms. The minimum Gasteiger partial charge on any atom is -0.504 e. The molecule has 3 saturated carbocycles. The van der Waals surface area contributed by atoms with Crippen molar-refractivity contribution < 1.29 is 32.9 Å². The number of fused-ring (bicyclic) bond motifs is 3. The summed E-state index contributed by atoms with van der Waals surface area (Å²) in [6.45, 7) is 2.92. The van der Waals surface area contributed by atoms with Crippen molar-refractivity contribution in [3.05, 3.63) is 58.7 Å². The average Bonchev–Trinajstić information content (AvgIpc) is 3.80. The molecule has 3 aliphatic carbocycles. The predicted octanol–water partition coefficient (Wildman–Crippen LogP) is 4.32. The normalized spacial score (nSPS) is 35.2. The van der Waals surface area contributed by atoms with Gasteiger partial charge in [0.15, 0.2) is 11.5 Å². The van der Waals surface area contributed by atoms with Crippen LogP contribution in [0.5, 0.6) is 11.5 Å². The lowest BCUT2D eigenvalue weighted by Crippen LogP contribution is -2.68. The summed E-state index contributed by atoms with van der Waals surface area (Å²) in [5, 5.41) is 26.1. The van der Waals surface area contributed by atoms with Crippen molar-refractivity contribution in [3.8, 4) is 11.5 Å². The van der Waals surface area contributed by atoms with E-state index >= 15 is 0 Å². The standard InChI is InChI=1S/C30H34F3N3O4/c1-16-6-9-22(37)24-23(16)28-13-21-25(36(21)15-17-7-8-17)29(28,39)11-10-20(26(28)40-24)35(2)27(38)34-14-18-4-3-5-19(12-18)30(31,32)33/h3-6,9,12,17,20-21,25-26,37,39H,7-8,10-11,13-15H2,1-2H3,(H,34,38)/t20-,21?,25-,26+,28+,29-,36?/m1/s1. The summed E-state index contributed by atoms with van der Waals surface area (Å²) in [6.07, 6.45) is -0.858. The highest BCUT2D eigenvalue weighted by atomic mass is 19.4. The third-order valence-corrected chi connectivity index (χ3v) is 10.2. The van der Waals surface area contributed by atoms with Gasteiger partial charge in [-0.05, 0) is 74.3 Å². The van der Waals surface area contributed by atoms with Crippen LogP contribution < -0.4 is 10.1 Å². The van der Waals surface area contributed by atoms with Gasteiger partial charge in [0.05, 0.1) is 28.7 Å². The Labute approximate surface area is 230 Å². The van der Waals surface area contributed by atoms with Crippen molar-refractivity contribution in [1.29, 1.82) is 0 Å². The number of ether oxygens (including phenoxy) is 1. The van der Waals surface area contributed by atoms with Crippen molar-refractivity contribution in [2.45, 2.75) is 87.0 Å². The molecule has 2 amide bonds. The van der Waals surface area contributed by atoms with Crippen molar-refractivity contribution >= 4 is 6.03 Å². The van der Waals surface area contributed by atoms with Gasteiger partial charge in [-0.2, -0.15) is 13.2 Å². The lowest BCUT2D eigenvalue weighted by atomic mass is 9.57. The van der Waals surface area contributed by atoms with Crippen molar-refractivity contribution in [1.82, 2.24) is 15.1 Å². The van der Waals surface area contributed by atoms with Gasteiger partial charge in [-0.15, -0.1) is 0 Å². The Kier molecular flexibility index (Phi) is 5.53. The number of aliphatic hydroxyl groups is 1. The Morgan fingerprint density at radius 2 is 2.00 bits per heavy atom. The second-order valence-corrected chi connectivity index (χ2v) is 12.5. The lowest BCUT2D eigenvalue weighted by molar-refractivity contribution is -0.137. The number of carbonyl (C=O) groups is 1. The minimum atomic E-state index is -4.46. The largest absolute Gasteiger partial charge is 0.504 e. The smallest absolute Gasteiger partial charge is 0.416 e. The number of phenolic OH excluding ortho intramolecular Hbond substituents is 1. The van der Waals surface area contributed by atoms with Crippen LogP contribution in [0.3, 0.4) is 0 Å². The summed E-state index contributed by atoms with van der Waals surface area (Å²) in [6, 6.07) is 7.83. The van der Waals surface area contributed by atoms with E-state index in [1.165, 1.54) is 18.9 Å². The summed E-state index contributed by atoms with van der Waals surface area (Å²) < 4.78 is 45.9. The molecule has 2 aromatic carbocycles. The van der Waals surface area contributed by atoms with Gasteiger partial charge in [-0.3, -0.25) is 4.90 Å². The average molecular weight is 558 g/mol. The number of carbonyl (C=O) groups excluding carboxylic acids is 1. The molecule has 1 saturated heterocycles. The quantitative estimate of drug-likeness (QED) is 0.477. The Balaban J connectivity index is 1.16. The van der Waals surface area contributed by atoms with Crippen LogP contribution in [0.2, 0.25) is 0 Å². The number of hydrogen-bond donors (Lipinski definition) is 3. The number of phenols is 1. The third kappa shape index (κ3) is 3.61. The SMILES string of the molecule is Cc1ccc(O)c2c1[C@]13CC4[C@@H](N4CC4CC4)[C@]1(O)CC[C@@H](N(C)C(=O)NCc1cccc(C(F)(F)F)c1)[C@@H]3O2. The maximum atomic E-state index is 13.3. The van der Waals surface area contributed by atoms with E-state index in [-0.39, 0.29) is 24.4 Å². The molecule has 3 N–H and O–H groups in total. The molecule has 10 heteroatoms. The maximum absolute atomic E-state index is 13.3. The molecular formula is C30H34F3N3O4. The van der Waals surface area contributed by atoms with Crippen LogP contribution in [0.25, 0.3) is 0 Å². The molecule has 4 fully saturated rings. The number of rotatable bonds is 5. The number of hydrogen-bond acceptors (Lipinski definition) is 5. The van der Waals surface area contributed by atoms with Crippen LogP contribution in [0, 0.1) is 12.8 Å². The number of aryl methyl sites for hydroxylation is 1. The highest BCUT2D eigenvalue weighted by Crippen LogP contribution is 2.70. The van der Waals surface area contributed by atoms with E-state index in [1.54, 1.807) is 24.1 Å². The van der Waals surface area contributed by atoms with Crippen LogP contribution in [-0.4, -0.2) is 69.5 Å². The Bertz CT molecular complexity index is 1380. The molecule has 0 aromatic heterocycles. The van der Waals surface area contributed by atoms with Gasteiger partial charge in [-0.25, -0.2) is 4.79 Å². The Morgan fingerprint density at radius 1 is 1.23 bits per heavy atom. The zero-order valence-electron chi connectivity index (χ0n) is 22.5. The Morgan fingerprint density at radius 3 is 2.73 bits per heavy atom. The van der Waals surface area contributed by atoms with E-state index in [0.717, 1.165) is 29.8 Å². The molecular weight excluding hydrogens is 523 g/mol. The van der Waals surface area contributed by atoms with Gasteiger partial charge >= 0.3 is 12.2 Å². The van der Waals surface area contributed by atoms with Crippen LogP contribution in [-0.2, 0) is 18.1 Å². The minimum absolute atomic E-state index is 0.0255. The third-order valence-electron chi connectivity index (χ3n) is 10.2. The number of likely N-dealkylation sites (tertiary alicyclic amines) is 1. The van der Waals surface area contributed by atoms with Gasteiger partial charge in [0, 0.05) is 31.7 Å². The first-order valence-corrected chi connectivity index (χ1v) is 14.1. The number of nitrogens with zero attached hydrogens (tertiary/aromatic N) is 2. The van der Waals surface area contributed by atoms with Crippen molar-refractivity contribution in [2.75, 3.05) is 13.6 Å². The second kappa shape index (κ2) is 8.52. The maximum Gasteiger partial charge on any atom is 0.416 e.